The van der Waals surface area contributed by atoms with Crippen LogP contribution in [0.3, 0.4) is 0 Å². The van der Waals surface area contributed by atoms with Crippen LogP contribution in [0.2, 0.25) is 10.0 Å². The monoisotopic (exact) mass is 419 g/mol. The molecular weight excluding hydrogens is 401 g/mol. The van der Waals surface area contributed by atoms with Gasteiger partial charge in [-0.1, -0.05) is 52.7 Å². The normalized spacial score (nSPS) is 11.6. The molecule has 0 aliphatic heterocycles. The first-order chi connectivity index (χ1) is 12.9. The van der Waals surface area contributed by atoms with Crippen LogP contribution < -0.4 is 4.90 Å². The summed E-state index contributed by atoms with van der Waals surface area (Å²) in [6.45, 7) is 1.26. The number of amides is 1. The second-order valence-corrected chi connectivity index (χ2v) is 8.11. The summed E-state index contributed by atoms with van der Waals surface area (Å²) in [6, 6.07) is 13.0. The lowest BCUT2D eigenvalue weighted by Crippen LogP contribution is -2.35. The topological polar surface area (TPSA) is 36.4 Å². The number of likely N-dealkylation sites (N-methyl/N-ethyl adjacent to an activating group) is 1. The molecule has 0 saturated carbocycles. The molecule has 0 atom stereocenters. The lowest BCUT2D eigenvalue weighted by atomic mass is 10.2. The van der Waals surface area contributed by atoms with Gasteiger partial charge in [0.1, 0.15) is 0 Å². The summed E-state index contributed by atoms with van der Waals surface area (Å²) < 4.78 is 0.954. The van der Waals surface area contributed by atoms with Gasteiger partial charge in [0.2, 0.25) is 0 Å². The maximum atomic E-state index is 12.9. The molecule has 1 aromatic heterocycles. The van der Waals surface area contributed by atoms with Crippen LogP contribution >= 0.6 is 34.5 Å². The highest BCUT2D eigenvalue weighted by Crippen LogP contribution is 2.31. The molecule has 27 heavy (non-hydrogen) atoms. The van der Waals surface area contributed by atoms with E-state index in [-0.39, 0.29) is 5.91 Å². The molecule has 7 heteroatoms. The first-order valence-electron chi connectivity index (χ1n) is 8.39. The Morgan fingerprint density at radius 3 is 2.67 bits per heavy atom. The van der Waals surface area contributed by atoms with Crippen molar-refractivity contribution >= 4 is 61.9 Å². The molecule has 0 aliphatic rings. The van der Waals surface area contributed by atoms with Gasteiger partial charge in [0.05, 0.1) is 10.2 Å². The Morgan fingerprint density at radius 1 is 1.15 bits per heavy atom. The van der Waals surface area contributed by atoms with Gasteiger partial charge in [0.25, 0.3) is 5.91 Å². The summed E-state index contributed by atoms with van der Waals surface area (Å²) in [6.07, 6.45) is 3.27. The van der Waals surface area contributed by atoms with Crippen LogP contribution in [0, 0.1) is 0 Å². The Balaban J connectivity index is 1.89. The van der Waals surface area contributed by atoms with Gasteiger partial charge < -0.3 is 4.90 Å². The predicted octanol–water partition coefficient (Wildman–Crippen LogP) is 5.21. The van der Waals surface area contributed by atoms with Crippen molar-refractivity contribution in [3.05, 3.63) is 64.1 Å². The lowest BCUT2D eigenvalue weighted by molar-refractivity contribution is -0.114. The third-order valence-electron chi connectivity index (χ3n) is 3.92. The van der Waals surface area contributed by atoms with Crippen LogP contribution in [0.25, 0.3) is 16.3 Å². The minimum atomic E-state index is -0.137. The Hall–Kier alpha value is -1.92. The van der Waals surface area contributed by atoms with Crippen molar-refractivity contribution in [2.24, 2.45) is 0 Å². The van der Waals surface area contributed by atoms with E-state index < -0.39 is 0 Å². The zero-order valence-electron chi connectivity index (χ0n) is 15.0. The number of hydrogen-bond acceptors (Lipinski definition) is 4. The fourth-order valence-electron chi connectivity index (χ4n) is 2.46. The van der Waals surface area contributed by atoms with Gasteiger partial charge >= 0.3 is 0 Å². The highest BCUT2D eigenvalue weighted by molar-refractivity contribution is 7.22. The molecule has 0 N–H and O–H groups in total. The average molecular weight is 420 g/mol. The molecule has 0 radical (unpaired) electrons. The van der Waals surface area contributed by atoms with E-state index in [9.17, 15) is 4.79 Å². The molecule has 0 spiro atoms. The van der Waals surface area contributed by atoms with Gasteiger partial charge in [-0.25, -0.2) is 4.98 Å². The van der Waals surface area contributed by atoms with Gasteiger partial charge in [-0.3, -0.25) is 9.69 Å². The summed E-state index contributed by atoms with van der Waals surface area (Å²) in [5, 5.41) is 1.92. The van der Waals surface area contributed by atoms with Crippen molar-refractivity contribution < 1.29 is 4.79 Å². The second-order valence-electron chi connectivity index (χ2n) is 6.26. The Morgan fingerprint density at radius 2 is 1.93 bits per heavy atom. The number of anilines is 1. The summed E-state index contributed by atoms with van der Waals surface area (Å²) in [5.74, 6) is -0.137. The van der Waals surface area contributed by atoms with Crippen LogP contribution in [-0.4, -0.2) is 43.0 Å². The van der Waals surface area contributed by atoms with Gasteiger partial charge in [-0.05, 0) is 50.0 Å². The Bertz CT molecular complexity index is 984. The number of benzene rings is 2. The number of nitrogens with zero attached hydrogens (tertiary/aromatic N) is 3. The SMILES string of the molecule is CN(C)CCN(C(=O)C=Cc1ccccc1Cl)c1nc2ccc(Cl)cc2s1. The van der Waals surface area contributed by atoms with E-state index in [2.05, 4.69) is 4.98 Å². The van der Waals surface area contributed by atoms with Crippen molar-refractivity contribution in [2.45, 2.75) is 0 Å². The molecule has 1 amide bonds. The minimum Gasteiger partial charge on any atom is -0.308 e. The molecule has 0 bridgehead atoms. The molecule has 3 rings (SSSR count). The van der Waals surface area contributed by atoms with Crippen molar-refractivity contribution in [1.29, 1.82) is 0 Å². The molecule has 0 fully saturated rings. The standard InChI is InChI=1S/C20H19Cl2N3OS/c1-24(2)11-12-25(19(26)10-7-14-5-3-4-6-16(14)22)20-23-17-9-8-15(21)13-18(17)27-20/h3-10,13H,11-12H2,1-2H3. The number of carbonyl (C=O) groups is 1. The average Bonchev–Trinajstić information content (AvgIpc) is 3.03. The van der Waals surface area contributed by atoms with E-state index in [1.807, 2.05) is 49.3 Å². The van der Waals surface area contributed by atoms with E-state index in [0.717, 1.165) is 22.3 Å². The quantitative estimate of drug-likeness (QED) is 0.514. The number of thiazole rings is 1. The summed E-state index contributed by atoms with van der Waals surface area (Å²) in [4.78, 5) is 21.2. The van der Waals surface area contributed by atoms with Gasteiger partial charge in [-0.15, -0.1) is 0 Å². The van der Waals surface area contributed by atoms with Crippen LogP contribution in [0.15, 0.2) is 48.5 Å². The minimum absolute atomic E-state index is 0.137. The lowest BCUT2D eigenvalue weighted by Gasteiger charge is -2.20. The summed E-state index contributed by atoms with van der Waals surface area (Å²) >= 11 is 13.7. The Kier molecular flexibility index (Phi) is 6.50. The van der Waals surface area contributed by atoms with Gasteiger partial charge in [0, 0.05) is 29.2 Å². The number of rotatable bonds is 6. The van der Waals surface area contributed by atoms with E-state index in [0.29, 0.717) is 21.7 Å². The van der Waals surface area contributed by atoms with Crippen molar-refractivity contribution in [3.8, 4) is 0 Å². The van der Waals surface area contributed by atoms with Crippen molar-refractivity contribution in [1.82, 2.24) is 9.88 Å². The molecule has 4 nitrogen and oxygen atoms in total. The predicted molar refractivity (Wildman–Crippen MR) is 116 cm³/mol. The first kappa shape index (κ1) is 19.8. The number of carbonyl (C=O) groups excluding carboxylic acids is 1. The molecule has 2 aromatic carbocycles. The Labute approximate surface area is 172 Å². The number of halogens is 2. The third-order valence-corrected chi connectivity index (χ3v) is 5.54. The van der Waals surface area contributed by atoms with Crippen molar-refractivity contribution in [3.63, 3.8) is 0 Å². The summed E-state index contributed by atoms with van der Waals surface area (Å²) in [5.41, 5.74) is 1.63. The summed E-state index contributed by atoms with van der Waals surface area (Å²) in [7, 11) is 3.95. The maximum Gasteiger partial charge on any atom is 0.252 e. The van der Waals surface area contributed by atoms with E-state index in [1.165, 1.54) is 17.4 Å². The van der Waals surface area contributed by atoms with Crippen LogP contribution in [-0.2, 0) is 4.79 Å². The van der Waals surface area contributed by atoms with E-state index in [1.54, 1.807) is 23.1 Å². The van der Waals surface area contributed by atoms with Gasteiger partial charge in [-0.2, -0.15) is 0 Å². The van der Waals surface area contributed by atoms with E-state index in [4.69, 9.17) is 23.2 Å². The molecular formula is C20H19Cl2N3OS. The molecule has 0 aliphatic carbocycles. The highest BCUT2D eigenvalue weighted by atomic mass is 35.5. The number of aromatic nitrogens is 1. The molecule has 0 saturated heterocycles. The maximum absolute atomic E-state index is 12.9. The van der Waals surface area contributed by atoms with Crippen LogP contribution in [0.4, 0.5) is 5.13 Å². The molecule has 140 valence electrons. The van der Waals surface area contributed by atoms with E-state index >= 15 is 0 Å². The highest BCUT2D eigenvalue weighted by Gasteiger charge is 2.18. The number of fused-ring (bicyclic) bond motifs is 1. The van der Waals surface area contributed by atoms with Crippen LogP contribution in [0.1, 0.15) is 5.56 Å². The van der Waals surface area contributed by atoms with Crippen molar-refractivity contribution in [2.75, 3.05) is 32.1 Å². The molecule has 3 aromatic rings. The van der Waals surface area contributed by atoms with Crippen LogP contribution in [0.5, 0.6) is 0 Å². The number of hydrogen-bond donors (Lipinski definition) is 0. The molecule has 0 unspecified atom stereocenters. The van der Waals surface area contributed by atoms with Gasteiger partial charge in [0.15, 0.2) is 5.13 Å². The fraction of sp³-hybridized carbons (Fsp3) is 0.200. The smallest absolute Gasteiger partial charge is 0.252 e. The third kappa shape index (κ3) is 5.08. The molecule has 1 heterocycles. The fourth-order valence-corrected chi connectivity index (χ4v) is 3.93. The zero-order valence-corrected chi connectivity index (χ0v) is 17.4. The second kappa shape index (κ2) is 8.85. The largest absolute Gasteiger partial charge is 0.308 e. The first-order valence-corrected chi connectivity index (χ1v) is 9.96. The zero-order chi connectivity index (χ0) is 19.4.